The highest BCUT2D eigenvalue weighted by atomic mass is 19.1. The highest BCUT2D eigenvalue weighted by Crippen LogP contribution is 2.20. The number of aliphatic hydroxyl groups is 2. The molecule has 0 bridgehead atoms. The summed E-state index contributed by atoms with van der Waals surface area (Å²) in [5.74, 6) is 0. The van der Waals surface area contributed by atoms with E-state index in [1.807, 2.05) is 0 Å². The van der Waals surface area contributed by atoms with Crippen molar-refractivity contribution < 1.29 is 19.3 Å². The van der Waals surface area contributed by atoms with Crippen molar-refractivity contribution in [3.63, 3.8) is 0 Å². The van der Waals surface area contributed by atoms with E-state index in [0.717, 1.165) is 0 Å². The molecule has 11 heavy (non-hydrogen) atoms. The van der Waals surface area contributed by atoms with Crippen LogP contribution in [-0.4, -0.2) is 40.9 Å². The first-order valence-corrected chi connectivity index (χ1v) is 3.45. The first kappa shape index (κ1) is 8.86. The zero-order valence-electron chi connectivity index (χ0n) is 6.14. The third-order valence-electron chi connectivity index (χ3n) is 1.89. The van der Waals surface area contributed by atoms with Gasteiger partial charge in [0.25, 0.3) is 0 Å². The molecule has 1 unspecified atom stereocenters. The first-order valence-electron chi connectivity index (χ1n) is 3.45. The predicted octanol–water partition coefficient (Wildman–Crippen LogP) is -1.25. The van der Waals surface area contributed by atoms with Crippen molar-refractivity contribution in [2.75, 3.05) is 0 Å². The Morgan fingerprint density at radius 2 is 2.00 bits per heavy atom. The third kappa shape index (κ3) is 1.51. The van der Waals surface area contributed by atoms with Crippen molar-refractivity contribution >= 4 is 0 Å². The summed E-state index contributed by atoms with van der Waals surface area (Å²) in [5.41, 5.74) is 5.35. The van der Waals surface area contributed by atoms with Gasteiger partial charge >= 0.3 is 0 Å². The van der Waals surface area contributed by atoms with Crippen molar-refractivity contribution in [3.05, 3.63) is 0 Å². The van der Waals surface area contributed by atoms with Crippen LogP contribution in [0.4, 0.5) is 4.39 Å². The highest BCUT2D eigenvalue weighted by molar-refractivity contribution is 4.89. The van der Waals surface area contributed by atoms with E-state index in [2.05, 4.69) is 4.74 Å². The van der Waals surface area contributed by atoms with Gasteiger partial charge in [0, 0.05) is 0 Å². The van der Waals surface area contributed by atoms with Gasteiger partial charge in [-0.1, -0.05) is 0 Å². The van der Waals surface area contributed by atoms with E-state index in [1.165, 1.54) is 0 Å². The zero-order valence-corrected chi connectivity index (χ0v) is 6.14. The molecule has 0 spiro atoms. The largest absolute Gasteiger partial charge is 0.388 e. The van der Waals surface area contributed by atoms with Crippen molar-refractivity contribution in [1.82, 2.24) is 0 Å². The summed E-state index contributed by atoms with van der Waals surface area (Å²) in [5, 5.41) is 17.9. The molecule has 0 aliphatic carbocycles. The SMILES string of the molecule is C[C@H]1OC(O)[C@@H](F)[C@H](O)[C@@H]1N. The van der Waals surface area contributed by atoms with Crippen molar-refractivity contribution in [3.8, 4) is 0 Å². The monoisotopic (exact) mass is 165 g/mol. The van der Waals surface area contributed by atoms with Crippen LogP contribution in [0, 0.1) is 0 Å². The average molecular weight is 165 g/mol. The molecule has 0 amide bonds. The molecule has 0 aromatic carbocycles. The molecule has 4 N–H and O–H groups in total. The predicted molar refractivity (Wildman–Crippen MR) is 35.4 cm³/mol. The number of ether oxygens (including phenoxy) is 1. The standard InChI is InChI=1S/C6H12FNO3/c1-2-4(8)5(9)3(7)6(10)11-2/h2-6,9-10H,8H2,1H3/t2-,3+,4-,5+,6?/m1/s1. The van der Waals surface area contributed by atoms with Gasteiger partial charge in [-0.25, -0.2) is 4.39 Å². The van der Waals surface area contributed by atoms with Crippen LogP contribution in [0.2, 0.25) is 0 Å². The van der Waals surface area contributed by atoms with Crippen LogP contribution in [-0.2, 0) is 4.74 Å². The second kappa shape index (κ2) is 3.02. The van der Waals surface area contributed by atoms with E-state index in [-0.39, 0.29) is 0 Å². The van der Waals surface area contributed by atoms with Gasteiger partial charge in [-0.05, 0) is 6.92 Å². The Hall–Kier alpha value is -0.230. The Balaban J connectivity index is 2.63. The maximum Gasteiger partial charge on any atom is 0.189 e. The Kier molecular flexibility index (Phi) is 2.43. The lowest BCUT2D eigenvalue weighted by Gasteiger charge is -2.36. The third-order valence-corrected chi connectivity index (χ3v) is 1.89. The molecule has 5 atom stereocenters. The summed E-state index contributed by atoms with van der Waals surface area (Å²) < 4.78 is 17.4. The first-order chi connectivity index (χ1) is 5.04. The molecule has 5 heteroatoms. The van der Waals surface area contributed by atoms with Gasteiger partial charge in [0.05, 0.1) is 12.1 Å². The van der Waals surface area contributed by atoms with Crippen molar-refractivity contribution in [1.29, 1.82) is 0 Å². The van der Waals surface area contributed by atoms with Crippen LogP contribution in [0.15, 0.2) is 0 Å². The fourth-order valence-electron chi connectivity index (χ4n) is 1.04. The lowest BCUT2D eigenvalue weighted by atomic mass is 9.99. The fraction of sp³-hybridized carbons (Fsp3) is 1.00. The van der Waals surface area contributed by atoms with E-state index < -0.39 is 30.7 Å². The van der Waals surface area contributed by atoms with E-state index >= 15 is 0 Å². The van der Waals surface area contributed by atoms with Gasteiger partial charge in [0.1, 0.15) is 6.10 Å². The molecule has 1 saturated heterocycles. The number of aliphatic hydroxyl groups excluding tert-OH is 2. The Morgan fingerprint density at radius 1 is 1.45 bits per heavy atom. The lowest BCUT2D eigenvalue weighted by molar-refractivity contribution is -0.230. The number of rotatable bonds is 0. The minimum atomic E-state index is -1.80. The zero-order chi connectivity index (χ0) is 8.59. The molecule has 1 aliphatic heterocycles. The molecule has 1 heterocycles. The number of alkyl halides is 1. The van der Waals surface area contributed by atoms with Crippen LogP contribution in [0.1, 0.15) is 6.92 Å². The second-order valence-corrected chi connectivity index (χ2v) is 2.74. The van der Waals surface area contributed by atoms with Crippen molar-refractivity contribution in [2.45, 2.75) is 37.6 Å². The molecule has 4 nitrogen and oxygen atoms in total. The molecule has 1 fully saturated rings. The Bertz CT molecular complexity index is 132. The Morgan fingerprint density at radius 3 is 2.55 bits per heavy atom. The van der Waals surface area contributed by atoms with Crippen molar-refractivity contribution in [2.24, 2.45) is 5.73 Å². The maximum atomic E-state index is 12.7. The summed E-state index contributed by atoms with van der Waals surface area (Å²) in [4.78, 5) is 0. The van der Waals surface area contributed by atoms with Crippen LogP contribution >= 0.6 is 0 Å². The van der Waals surface area contributed by atoms with E-state index in [4.69, 9.17) is 15.9 Å². The highest BCUT2D eigenvalue weighted by Gasteiger charge is 2.41. The van der Waals surface area contributed by atoms with Crippen LogP contribution in [0.25, 0.3) is 0 Å². The van der Waals surface area contributed by atoms with Gasteiger partial charge in [-0.15, -0.1) is 0 Å². The smallest absolute Gasteiger partial charge is 0.189 e. The molecule has 66 valence electrons. The summed E-state index contributed by atoms with van der Waals surface area (Å²) in [6.07, 6.45) is -5.22. The quantitative estimate of drug-likeness (QED) is 0.419. The van der Waals surface area contributed by atoms with Gasteiger partial charge in [-0.2, -0.15) is 0 Å². The van der Waals surface area contributed by atoms with Crippen LogP contribution < -0.4 is 5.73 Å². The van der Waals surface area contributed by atoms with Crippen LogP contribution in [0.5, 0.6) is 0 Å². The van der Waals surface area contributed by atoms with Crippen LogP contribution in [0.3, 0.4) is 0 Å². The minimum absolute atomic E-state index is 0.521. The van der Waals surface area contributed by atoms with Gasteiger partial charge in [-0.3, -0.25) is 0 Å². The molecule has 0 radical (unpaired) electrons. The summed E-state index contributed by atoms with van der Waals surface area (Å²) in [7, 11) is 0. The van der Waals surface area contributed by atoms with E-state index in [1.54, 1.807) is 6.92 Å². The second-order valence-electron chi connectivity index (χ2n) is 2.74. The Labute approximate surface area is 63.8 Å². The number of nitrogens with two attached hydrogens (primary N) is 1. The lowest BCUT2D eigenvalue weighted by Crippen LogP contribution is -2.58. The van der Waals surface area contributed by atoms with E-state index in [9.17, 15) is 4.39 Å². The normalized spacial score (nSPS) is 52.6. The summed E-state index contributed by atoms with van der Waals surface area (Å²) in [6.45, 7) is 1.57. The summed E-state index contributed by atoms with van der Waals surface area (Å²) in [6, 6.07) is -0.770. The molecule has 0 aromatic heterocycles. The van der Waals surface area contributed by atoms with E-state index in [0.29, 0.717) is 0 Å². The molecular weight excluding hydrogens is 153 g/mol. The fourth-order valence-corrected chi connectivity index (χ4v) is 1.04. The summed E-state index contributed by atoms with van der Waals surface area (Å²) >= 11 is 0. The minimum Gasteiger partial charge on any atom is -0.388 e. The topological polar surface area (TPSA) is 75.7 Å². The van der Waals surface area contributed by atoms with Gasteiger partial charge < -0.3 is 20.7 Å². The van der Waals surface area contributed by atoms with Gasteiger partial charge in [0.15, 0.2) is 12.5 Å². The molecular formula is C6H12FNO3. The average Bonchev–Trinajstić information content (AvgIpc) is 1.97. The number of hydrogen-bond donors (Lipinski definition) is 3. The number of halogens is 1. The molecule has 1 aliphatic rings. The number of hydrogen-bond acceptors (Lipinski definition) is 4. The van der Waals surface area contributed by atoms with Gasteiger partial charge in [0.2, 0.25) is 0 Å². The molecule has 0 aromatic rings. The maximum absolute atomic E-state index is 12.7. The molecule has 1 rings (SSSR count). The molecule has 0 saturated carbocycles.